The first-order valence-electron chi connectivity index (χ1n) is 21.7. The van der Waals surface area contributed by atoms with Crippen LogP contribution < -0.4 is 5.32 Å². The molecule has 0 heterocycles. The summed E-state index contributed by atoms with van der Waals surface area (Å²) in [5.41, 5.74) is 0. The molecule has 3 unspecified atom stereocenters. The van der Waals surface area contributed by atoms with Crippen LogP contribution in [0.5, 0.6) is 0 Å². The molecule has 0 aromatic rings. The molecule has 0 aliphatic carbocycles. The SMILES string of the molecule is CCCC/C=C\CCCCCCCC(=O)NC(COP(=O)(O)OCC(O)COC(=O)CCCCCCCCCCCCCCCCCCCCC)C(=O)O. The molecule has 0 aromatic heterocycles. The zero-order valence-electron chi connectivity index (χ0n) is 34.3. The molecular formula is C42H80NO10P. The minimum atomic E-state index is -4.75. The number of allylic oxidation sites excluding steroid dienone is 2. The van der Waals surface area contributed by atoms with Crippen molar-refractivity contribution >= 4 is 25.7 Å². The lowest BCUT2D eigenvalue weighted by Crippen LogP contribution is -2.43. The number of hydrogen-bond acceptors (Lipinski definition) is 8. The first-order chi connectivity index (χ1) is 26.1. The number of carboxylic acid groups (broad SMARTS) is 1. The van der Waals surface area contributed by atoms with E-state index in [1.807, 2.05) is 0 Å². The standard InChI is InChI=1S/C42H80NO10P/c1-3-5-7-9-11-13-15-16-17-18-19-20-21-22-24-26-28-30-32-34-41(46)51-35-38(44)36-52-54(49,50)53-37-39(42(47)48)43-40(45)33-31-29-27-25-23-14-12-10-8-6-4-2/h10,12,38-39,44H,3-9,11,13-37H2,1-2H3,(H,43,45)(H,47,48)(H,49,50)/b12-10-. The van der Waals surface area contributed by atoms with Gasteiger partial charge in [-0.3, -0.25) is 18.6 Å². The number of esters is 1. The quantitative estimate of drug-likeness (QED) is 0.0202. The summed E-state index contributed by atoms with van der Waals surface area (Å²) in [5, 5.41) is 21.8. The van der Waals surface area contributed by atoms with E-state index in [1.54, 1.807) is 0 Å². The van der Waals surface area contributed by atoms with E-state index in [9.17, 15) is 34.1 Å². The maximum Gasteiger partial charge on any atom is 0.472 e. The lowest BCUT2D eigenvalue weighted by atomic mass is 10.0. The molecule has 0 radical (unpaired) electrons. The Morgan fingerprint density at radius 2 is 0.981 bits per heavy atom. The number of phosphoric acid groups is 1. The van der Waals surface area contributed by atoms with E-state index in [4.69, 9.17) is 13.8 Å². The Bertz CT molecular complexity index is 979. The highest BCUT2D eigenvalue weighted by molar-refractivity contribution is 7.47. The summed E-state index contributed by atoms with van der Waals surface area (Å²) < 4.78 is 26.8. The summed E-state index contributed by atoms with van der Waals surface area (Å²) in [4.78, 5) is 45.8. The number of carbonyl (C=O) groups is 3. The average molecular weight is 790 g/mol. The Morgan fingerprint density at radius 3 is 1.46 bits per heavy atom. The van der Waals surface area contributed by atoms with Gasteiger partial charge in [-0.2, -0.15) is 0 Å². The van der Waals surface area contributed by atoms with Crippen LogP contribution >= 0.6 is 7.82 Å². The van der Waals surface area contributed by atoms with Gasteiger partial charge in [0.2, 0.25) is 5.91 Å². The van der Waals surface area contributed by atoms with E-state index in [2.05, 4.69) is 31.3 Å². The van der Waals surface area contributed by atoms with E-state index < -0.39 is 57.6 Å². The van der Waals surface area contributed by atoms with Gasteiger partial charge in [0.05, 0.1) is 13.2 Å². The fourth-order valence-corrected chi connectivity index (χ4v) is 6.89. The second kappa shape index (κ2) is 38.1. The molecule has 0 rings (SSSR count). The van der Waals surface area contributed by atoms with E-state index in [0.717, 1.165) is 57.8 Å². The Hall–Kier alpha value is -1.78. The smallest absolute Gasteiger partial charge is 0.472 e. The number of aliphatic carboxylic acids is 1. The lowest BCUT2D eigenvalue weighted by molar-refractivity contribution is -0.147. The van der Waals surface area contributed by atoms with Crippen molar-refractivity contribution in [3.05, 3.63) is 12.2 Å². The van der Waals surface area contributed by atoms with Crippen molar-refractivity contribution in [1.29, 1.82) is 0 Å². The molecule has 11 nitrogen and oxygen atoms in total. The molecule has 0 aromatic carbocycles. The van der Waals surface area contributed by atoms with Crippen LogP contribution in [0.25, 0.3) is 0 Å². The van der Waals surface area contributed by atoms with Crippen molar-refractivity contribution in [2.24, 2.45) is 0 Å². The van der Waals surface area contributed by atoms with Gasteiger partial charge in [0.25, 0.3) is 0 Å². The molecule has 1 amide bonds. The summed E-state index contributed by atoms with van der Waals surface area (Å²) >= 11 is 0. The molecule has 3 atom stereocenters. The summed E-state index contributed by atoms with van der Waals surface area (Å²) in [6.07, 6.45) is 36.8. The van der Waals surface area contributed by atoms with Crippen molar-refractivity contribution in [3.8, 4) is 0 Å². The highest BCUT2D eigenvalue weighted by atomic mass is 31.2. The van der Waals surface area contributed by atoms with Gasteiger partial charge < -0.3 is 25.2 Å². The number of unbranched alkanes of at least 4 members (excludes halogenated alkanes) is 25. The highest BCUT2D eigenvalue weighted by Crippen LogP contribution is 2.43. The number of carbonyl (C=O) groups excluding carboxylic acids is 2. The predicted molar refractivity (Wildman–Crippen MR) is 217 cm³/mol. The van der Waals surface area contributed by atoms with Crippen LogP contribution in [-0.4, -0.2) is 64.9 Å². The molecule has 0 bridgehead atoms. The van der Waals surface area contributed by atoms with Gasteiger partial charge in [0.15, 0.2) is 6.04 Å². The van der Waals surface area contributed by atoms with Crippen LogP contribution in [0.2, 0.25) is 0 Å². The molecular weight excluding hydrogens is 709 g/mol. The molecule has 0 saturated heterocycles. The number of ether oxygens (including phenoxy) is 1. The molecule has 0 aliphatic rings. The minimum Gasteiger partial charge on any atom is -0.480 e. The molecule has 0 saturated carbocycles. The fraction of sp³-hybridized carbons (Fsp3) is 0.881. The number of nitrogens with one attached hydrogen (secondary N) is 1. The van der Waals surface area contributed by atoms with Gasteiger partial charge in [-0.25, -0.2) is 9.36 Å². The number of amides is 1. The van der Waals surface area contributed by atoms with Gasteiger partial charge >= 0.3 is 19.8 Å². The molecule has 0 fully saturated rings. The number of aliphatic hydroxyl groups excluding tert-OH is 1. The summed E-state index contributed by atoms with van der Waals surface area (Å²) in [6, 6.07) is -1.55. The van der Waals surface area contributed by atoms with Crippen LogP contribution in [0.4, 0.5) is 0 Å². The Kier molecular flexibility index (Phi) is 36.9. The Balaban J connectivity index is 3.83. The number of aliphatic hydroxyl groups is 1. The largest absolute Gasteiger partial charge is 0.480 e. The highest BCUT2D eigenvalue weighted by Gasteiger charge is 2.28. The second-order valence-electron chi connectivity index (χ2n) is 14.9. The number of phosphoric ester groups is 1. The zero-order valence-corrected chi connectivity index (χ0v) is 35.2. The van der Waals surface area contributed by atoms with E-state index in [1.165, 1.54) is 109 Å². The number of carboxylic acids is 1. The normalized spacial score (nSPS) is 13.9. The average Bonchev–Trinajstić information content (AvgIpc) is 3.14. The van der Waals surface area contributed by atoms with Crippen molar-refractivity contribution in [3.63, 3.8) is 0 Å². The maximum absolute atomic E-state index is 12.2. The number of rotatable bonds is 41. The van der Waals surface area contributed by atoms with Gasteiger partial charge in [0, 0.05) is 12.8 Å². The second-order valence-corrected chi connectivity index (χ2v) is 16.3. The Morgan fingerprint density at radius 1 is 0.574 bits per heavy atom. The van der Waals surface area contributed by atoms with E-state index in [-0.39, 0.29) is 12.8 Å². The molecule has 0 spiro atoms. The third-order valence-corrected chi connectivity index (χ3v) is 10.5. The van der Waals surface area contributed by atoms with Crippen molar-refractivity contribution in [1.82, 2.24) is 5.32 Å². The molecule has 12 heteroatoms. The van der Waals surface area contributed by atoms with Crippen molar-refractivity contribution in [2.45, 2.75) is 219 Å². The van der Waals surface area contributed by atoms with Gasteiger partial charge in [-0.05, 0) is 32.1 Å². The predicted octanol–water partition coefficient (Wildman–Crippen LogP) is 10.9. The first-order valence-corrected chi connectivity index (χ1v) is 23.2. The van der Waals surface area contributed by atoms with Crippen LogP contribution in [0, 0.1) is 0 Å². The van der Waals surface area contributed by atoms with Gasteiger partial charge in [-0.15, -0.1) is 0 Å². The molecule has 54 heavy (non-hydrogen) atoms. The van der Waals surface area contributed by atoms with Crippen molar-refractivity contribution in [2.75, 3.05) is 19.8 Å². The van der Waals surface area contributed by atoms with E-state index in [0.29, 0.717) is 12.8 Å². The fourth-order valence-electron chi connectivity index (χ4n) is 6.12. The van der Waals surface area contributed by atoms with Crippen LogP contribution in [-0.2, 0) is 32.7 Å². The third-order valence-electron chi connectivity index (χ3n) is 9.55. The third kappa shape index (κ3) is 37.2. The van der Waals surface area contributed by atoms with E-state index >= 15 is 0 Å². The van der Waals surface area contributed by atoms with Crippen LogP contribution in [0.1, 0.15) is 206 Å². The Labute approximate surface area is 328 Å². The lowest BCUT2D eigenvalue weighted by Gasteiger charge is -2.18. The summed E-state index contributed by atoms with van der Waals surface area (Å²) in [7, 11) is -4.75. The van der Waals surface area contributed by atoms with Gasteiger partial charge in [0.1, 0.15) is 12.7 Å². The molecule has 318 valence electrons. The monoisotopic (exact) mass is 790 g/mol. The molecule has 4 N–H and O–H groups in total. The molecule has 0 aliphatic heterocycles. The van der Waals surface area contributed by atoms with Crippen LogP contribution in [0.15, 0.2) is 12.2 Å². The minimum absolute atomic E-state index is 0.137. The van der Waals surface area contributed by atoms with Gasteiger partial charge in [-0.1, -0.05) is 174 Å². The maximum atomic E-state index is 12.2. The summed E-state index contributed by atoms with van der Waals surface area (Å²) in [5.74, 6) is -2.38. The summed E-state index contributed by atoms with van der Waals surface area (Å²) in [6.45, 7) is 2.56. The number of hydrogen-bond donors (Lipinski definition) is 4. The zero-order chi connectivity index (χ0) is 40.0. The topological polar surface area (TPSA) is 169 Å². The first kappa shape index (κ1) is 52.2. The van der Waals surface area contributed by atoms with Crippen LogP contribution in [0.3, 0.4) is 0 Å². The van der Waals surface area contributed by atoms with Crippen molar-refractivity contribution < 1.29 is 47.8 Å².